The monoisotopic (exact) mass is 380 g/mol. The highest BCUT2D eigenvalue weighted by molar-refractivity contribution is 6.05. The normalized spacial score (nSPS) is 23.4. The maximum atomic E-state index is 14.3. The van der Waals surface area contributed by atoms with E-state index in [1.807, 2.05) is 0 Å². The van der Waals surface area contributed by atoms with Crippen LogP contribution >= 0.6 is 0 Å². The zero-order valence-corrected chi connectivity index (χ0v) is 15.8. The van der Waals surface area contributed by atoms with Crippen LogP contribution in [0.25, 0.3) is 10.9 Å². The predicted molar refractivity (Wildman–Crippen MR) is 101 cm³/mol. The average Bonchev–Trinajstić information content (AvgIpc) is 3.29. The van der Waals surface area contributed by atoms with Gasteiger partial charge in [0.05, 0.1) is 29.3 Å². The average molecular weight is 380 g/mol. The van der Waals surface area contributed by atoms with Gasteiger partial charge >= 0.3 is 0 Å². The predicted octanol–water partition coefficient (Wildman–Crippen LogP) is 2.59. The van der Waals surface area contributed by atoms with Gasteiger partial charge in [-0.05, 0) is 56.4 Å². The van der Waals surface area contributed by atoms with Crippen LogP contribution in [0.1, 0.15) is 48.3 Å². The van der Waals surface area contributed by atoms with Crippen molar-refractivity contribution in [2.75, 3.05) is 0 Å². The number of nitrogens with zero attached hydrogens (tertiary/aromatic N) is 3. The molecule has 1 saturated heterocycles. The Balaban J connectivity index is 1.69. The summed E-state index contributed by atoms with van der Waals surface area (Å²) in [5.41, 5.74) is 5.49. The van der Waals surface area contributed by atoms with Crippen LogP contribution in [-0.4, -0.2) is 33.8 Å². The molecular weight excluding hydrogens is 359 g/mol. The molecule has 7 heteroatoms. The Labute approximate surface area is 162 Å². The summed E-state index contributed by atoms with van der Waals surface area (Å²) in [4.78, 5) is 30.9. The van der Waals surface area contributed by atoms with E-state index < -0.39 is 11.6 Å². The molecule has 2 heterocycles. The van der Waals surface area contributed by atoms with Crippen LogP contribution in [0.15, 0.2) is 24.3 Å². The van der Waals surface area contributed by atoms with Gasteiger partial charge in [-0.1, -0.05) is 6.07 Å². The summed E-state index contributed by atoms with van der Waals surface area (Å²) in [6, 6.07) is 8.30. The van der Waals surface area contributed by atoms with Crippen molar-refractivity contribution in [1.29, 1.82) is 5.26 Å². The van der Waals surface area contributed by atoms with Crippen molar-refractivity contribution in [1.82, 2.24) is 9.88 Å². The number of likely N-dealkylation sites (tertiary alicyclic amines) is 1. The molecule has 2 N–H and O–H groups in total. The van der Waals surface area contributed by atoms with E-state index in [-0.39, 0.29) is 30.0 Å². The summed E-state index contributed by atoms with van der Waals surface area (Å²) in [6.07, 6.45) is 1.67. The molecule has 2 aromatic rings. The number of primary amides is 1. The lowest BCUT2D eigenvalue weighted by atomic mass is 9.96. The number of carbonyl (C=O) groups excluding carboxylic acids is 2. The number of benzene rings is 1. The van der Waals surface area contributed by atoms with E-state index in [1.165, 1.54) is 19.9 Å². The molecule has 1 aromatic heterocycles. The van der Waals surface area contributed by atoms with Crippen LogP contribution in [0, 0.1) is 17.2 Å². The number of nitrogens with two attached hydrogens (primary N) is 1. The lowest BCUT2D eigenvalue weighted by molar-refractivity contribution is -0.131. The Morgan fingerprint density at radius 3 is 2.75 bits per heavy atom. The molecule has 0 spiro atoms. The van der Waals surface area contributed by atoms with Crippen molar-refractivity contribution in [3.63, 3.8) is 0 Å². The van der Waals surface area contributed by atoms with Crippen molar-refractivity contribution in [3.05, 3.63) is 41.1 Å². The van der Waals surface area contributed by atoms with Gasteiger partial charge in [0.2, 0.25) is 11.8 Å². The van der Waals surface area contributed by atoms with Crippen LogP contribution in [0.4, 0.5) is 4.39 Å². The van der Waals surface area contributed by atoms with Gasteiger partial charge in [0.1, 0.15) is 11.7 Å². The molecule has 4 rings (SSSR count). The van der Waals surface area contributed by atoms with Gasteiger partial charge < -0.3 is 10.6 Å². The van der Waals surface area contributed by atoms with Crippen molar-refractivity contribution in [3.8, 4) is 6.07 Å². The Bertz CT molecular complexity index is 1040. The number of hydrogen-bond acceptors (Lipinski definition) is 4. The lowest BCUT2D eigenvalue weighted by Crippen LogP contribution is -2.38. The third-order valence-corrected chi connectivity index (χ3v) is 5.69. The number of nitriles is 1. The van der Waals surface area contributed by atoms with Crippen LogP contribution in [-0.2, 0) is 16.9 Å². The van der Waals surface area contributed by atoms with Gasteiger partial charge in [0, 0.05) is 11.4 Å². The zero-order valence-electron chi connectivity index (χ0n) is 15.8. The van der Waals surface area contributed by atoms with Crippen LogP contribution in [0.5, 0.6) is 0 Å². The van der Waals surface area contributed by atoms with Crippen molar-refractivity contribution >= 4 is 22.7 Å². The lowest BCUT2D eigenvalue weighted by Gasteiger charge is -2.22. The Hall–Kier alpha value is -3.01. The minimum atomic E-state index is -1.57. The molecule has 2 amide bonds. The highest BCUT2D eigenvalue weighted by atomic mass is 19.1. The standard InChI is InChI=1S/C21H21FN4O2/c1-21(2,22)12-3-4-17-15(7-12)16(20(24)28)8-13(25-17)9-19(27)26-14(10-23)5-11-6-18(11)26/h3-4,7-8,11,14,18H,5-6,9H2,1-2H3,(H2,24,28)/t11-,14+,18+/m1/s1. The van der Waals surface area contributed by atoms with E-state index in [0.29, 0.717) is 28.1 Å². The third-order valence-electron chi connectivity index (χ3n) is 5.69. The maximum absolute atomic E-state index is 14.3. The minimum absolute atomic E-state index is 0.00598. The first-order valence-electron chi connectivity index (χ1n) is 9.32. The number of halogens is 1. The SMILES string of the molecule is CC(C)(F)c1ccc2nc(CC(=O)N3[C@H](C#N)C[C@@H]4C[C@@H]43)cc(C(N)=O)c2c1. The molecule has 2 aliphatic rings. The van der Waals surface area contributed by atoms with Crippen LogP contribution in [0.3, 0.4) is 0 Å². The molecule has 144 valence electrons. The quantitative estimate of drug-likeness (QED) is 0.881. The fourth-order valence-electron chi connectivity index (χ4n) is 4.12. The first-order chi connectivity index (χ1) is 13.2. The third kappa shape index (κ3) is 3.09. The first kappa shape index (κ1) is 18.4. The van der Waals surface area contributed by atoms with E-state index in [4.69, 9.17) is 5.73 Å². The number of hydrogen-bond donors (Lipinski definition) is 1. The van der Waals surface area contributed by atoms with Gasteiger partial charge in [-0.15, -0.1) is 0 Å². The van der Waals surface area contributed by atoms with Crippen LogP contribution < -0.4 is 5.73 Å². The molecule has 0 bridgehead atoms. The zero-order chi connectivity index (χ0) is 20.2. The maximum Gasteiger partial charge on any atom is 0.249 e. The summed E-state index contributed by atoms with van der Waals surface area (Å²) in [6.45, 7) is 2.87. The highest BCUT2D eigenvalue weighted by Gasteiger charge is 2.53. The number of pyridine rings is 1. The smallest absolute Gasteiger partial charge is 0.249 e. The fourth-order valence-corrected chi connectivity index (χ4v) is 4.12. The summed E-state index contributed by atoms with van der Waals surface area (Å²) in [5, 5.41) is 9.75. The number of amides is 2. The van der Waals surface area contributed by atoms with Crippen molar-refractivity contribution in [2.45, 2.75) is 50.9 Å². The molecule has 0 radical (unpaired) electrons. The summed E-state index contributed by atoms with van der Waals surface area (Å²) in [5.74, 6) is -0.393. The summed E-state index contributed by atoms with van der Waals surface area (Å²) in [7, 11) is 0. The second-order valence-corrected chi connectivity index (χ2v) is 8.15. The van der Waals surface area contributed by atoms with E-state index >= 15 is 0 Å². The number of rotatable bonds is 4. The summed E-state index contributed by atoms with van der Waals surface area (Å²) < 4.78 is 14.3. The molecule has 2 fully saturated rings. The van der Waals surface area contributed by atoms with Gasteiger partial charge in [0.15, 0.2) is 0 Å². The largest absolute Gasteiger partial charge is 0.366 e. The Morgan fingerprint density at radius 1 is 1.36 bits per heavy atom. The van der Waals surface area contributed by atoms with Gasteiger partial charge in [-0.25, -0.2) is 4.39 Å². The van der Waals surface area contributed by atoms with E-state index in [9.17, 15) is 19.2 Å². The van der Waals surface area contributed by atoms with Gasteiger partial charge in [-0.3, -0.25) is 14.6 Å². The fraction of sp³-hybridized carbons (Fsp3) is 0.429. The number of alkyl halides is 1. The molecule has 1 saturated carbocycles. The number of fused-ring (bicyclic) bond motifs is 2. The van der Waals surface area contributed by atoms with Crippen LogP contribution in [0.2, 0.25) is 0 Å². The Kier molecular flexibility index (Phi) is 4.11. The second-order valence-electron chi connectivity index (χ2n) is 8.15. The van der Waals surface area contributed by atoms with Gasteiger partial charge in [-0.2, -0.15) is 5.26 Å². The van der Waals surface area contributed by atoms with Crippen molar-refractivity contribution in [2.24, 2.45) is 11.7 Å². The van der Waals surface area contributed by atoms with E-state index in [0.717, 1.165) is 12.8 Å². The van der Waals surface area contributed by atoms with Crippen molar-refractivity contribution < 1.29 is 14.0 Å². The molecule has 1 aromatic carbocycles. The van der Waals surface area contributed by atoms with E-state index in [1.54, 1.807) is 23.1 Å². The highest BCUT2D eigenvalue weighted by Crippen LogP contribution is 2.47. The Morgan fingerprint density at radius 2 is 2.11 bits per heavy atom. The number of aromatic nitrogens is 1. The first-order valence-corrected chi connectivity index (χ1v) is 9.32. The topological polar surface area (TPSA) is 100 Å². The molecule has 1 aliphatic heterocycles. The summed E-state index contributed by atoms with van der Waals surface area (Å²) >= 11 is 0. The molecule has 3 atom stereocenters. The molecule has 1 aliphatic carbocycles. The molecule has 0 unspecified atom stereocenters. The molecular formula is C21H21FN4O2. The number of carbonyl (C=O) groups is 2. The van der Waals surface area contributed by atoms with Gasteiger partial charge in [0.25, 0.3) is 0 Å². The second kappa shape index (κ2) is 6.26. The minimum Gasteiger partial charge on any atom is -0.366 e. The molecule has 6 nitrogen and oxygen atoms in total. The van der Waals surface area contributed by atoms with E-state index in [2.05, 4.69) is 11.1 Å². The molecule has 28 heavy (non-hydrogen) atoms. The number of piperidine rings is 1.